The number of hydrogen-bond donors (Lipinski definition) is 1. The van der Waals surface area contributed by atoms with E-state index in [0.29, 0.717) is 5.92 Å². The summed E-state index contributed by atoms with van der Waals surface area (Å²) in [7, 11) is 0. The van der Waals surface area contributed by atoms with Crippen LogP contribution < -0.4 is 4.74 Å². The van der Waals surface area contributed by atoms with E-state index in [1.54, 1.807) is 0 Å². The molecule has 2 heterocycles. The predicted molar refractivity (Wildman–Crippen MR) is 139 cm³/mol. The Morgan fingerprint density at radius 3 is 2.27 bits per heavy atom. The van der Waals surface area contributed by atoms with E-state index >= 15 is 0 Å². The number of aryl methyl sites for hydroxylation is 1. The lowest BCUT2D eigenvalue weighted by Gasteiger charge is -2.47. The zero-order valence-electron chi connectivity index (χ0n) is 19.6. The third-order valence-corrected chi connectivity index (χ3v) is 8.02. The van der Waals surface area contributed by atoms with Crippen LogP contribution in [0.2, 0.25) is 5.02 Å². The molecule has 3 fully saturated rings. The van der Waals surface area contributed by atoms with Gasteiger partial charge in [0.1, 0.15) is 17.4 Å². The van der Waals surface area contributed by atoms with Gasteiger partial charge in [0.25, 0.3) is 0 Å². The van der Waals surface area contributed by atoms with Crippen molar-refractivity contribution in [2.24, 2.45) is 5.92 Å². The van der Waals surface area contributed by atoms with Crippen LogP contribution in [0.4, 0.5) is 0 Å². The molecule has 1 saturated carbocycles. The molecule has 0 bridgehead atoms. The van der Waals surface area contributed by atoms with E-state index < -0.39 is 11.5 Å². The molecule has 4 rings (SSSR count). The Hall–Kier alpha value is -0.720. The van der Waals surface area contributed by atoms with Crippen LogP contribution in [-0.2, 0) is 4.79 Å². The zero-order valence-corrected chi connectivity index (χ0v) is 22.0. The topological polar surface area (TPSA) is 53.0 Å². The fourth-order valence-corrected chi connectivity index (χ4v) is 6.07. The van der Waals surface area contributed by atoms with Gasteiger partial charge in [0.15, 0.2) is 0 Å². The van der Waals surface area contributed by atoms with Gasteiger partial charge in [-0.3, -0.25) is 9.69 Å². The summed E-state index contributed by atoms with van der Waals surface area (Å²) < 4.78 is 6.25. The third kappa shape index (κ3) is 6.91. The first-order valence-corrected chi connectivity index (χ1v) is 12.5. The van der Waals surface area contributed by atoms with Gasteiger partial charge in [-0.2, -0.15) is 0 Å². The SMILES string of the molecule is Cc1cc(Cl)ccc1OC1CCN(CC2CCN(C3(C(=O)O)CCCCC3)CC2)CC1.Cl.Cl. The molecule has 8 heteroatoms. The number of nitrogens with zero attached hydrogens (tertiary/aromatic N) is 2. The Labute approximate surface area is 216 Å². The van der Waals surface area contributed by atoms with Crippen LogP contribution in [0.3, 0.4) is 0 Å². The molecule has 0 spiro atoms. The van der Waals surface area contributed by atoms with Gasteiger partial charge in [-0.1, -0.05) is 30.9 Å². The van der Waals surface area contributed by atoms with E-state index in [-0.39, 0.29) is 30.9 Å². The van der Waals surface area contributed by atoms with Gasteiger partial charge in [-0.25, -0.2) is 0 Å². The van der Waals surface area contributed by atoms with Crippen LogP contribution in [0.15, 0.2) is 18.2 Å². The molecule has 1 N–H and O–H groups in total. The van der Waals surface area contributed by atoms with E-state index in [4.69, 9.17) is 16.3 Å². The second-order valence-electron chi connectivity index (χ2n) is 9.86. The number of ether oxygens (including phenoxy) is 1. The number of carboxylic acid groups (broad SMARTS) is 1. The van der Waals surface area contributed by atoms with Crippen molar-refractivity contribution in [2.45, 2.75) is 76.4 Å². The summed E-state index contributed by atoms with van der Waals surface area (Å²) in [6.45, 7) is 7.22. The van der Waals surface area contributed by atoms with Crippen molar-refractivity contribution in [1.29, 1.82) is 0 Å². The largest absolute Gasteiger partial charge is 0.490 e. The lowest BCUT2D eigenvalue weighted by atomic mass is 9.78. The highest BCUT2D eigenvalue weighted by molar-refractivity contribution is 6.30. The molecule has 1 aromatic carbocycles. The van der Waals surface area contributed by atoms with Crippen LogP contribution >= 0.6 is 36.4 Å². The van der Waals surface area contributed by atoms with Gasteiger partial charge in [0.2, 0.25) is 0 Å². The number of aliphatic carboxylic acids is 1. The van der Waals surface area contributed by atoms with E-state index in [1.165, 1.54) is 6.42 Å². The van der Waals surface area contributed by atoms with Gasteiger partial charge in [0.05, 0.1) is 0 Å². The van der Waals surface area contributed by atoms with E-state index in [0.717, 1.165) is 100 Å². The summed E-state index contributed by atoms with van der Waals surface area (Å²) in [5.41, 5.74) is 0.511. The monoisotopic (exact) mass is 520 g/mol. The van der Waals surface area contributed by atoms with Crippen LogP contribution in [0.25, 0.3) is 0 Å². The fourth-order valence-electron chi connectivity index (χ4n) is 5.85. The molecule has 5 nitrogen and oxygen atoms in total. The summed E-state index contributed by atoms with van der Waals surface area (Å²) >= 11 is 6.05. The highest BCUT2D eigenvalue weighted by Gasteiger charge is 2.45. The quantitative estimate of drug-likeness (QED) is 0.510. The third-order valence-electron chi connectivity index (χ3n) is 7.78. The Kier molecular flexibility index (Phi) is 11.1. The van der Waals surface area contributed by atoms with E-state index in [2.05, 4.69) is 9.80 Å². The summed E-state index contributed by atoms with van der Waals surface area (Å²) in [6, 6.07) is 5.83. The molecular formula is C25H39Cl3N2O3. The van der Waals surface area contributed by atoms with Crippen molar-refractivity contribution >= 4 is 42.4 Å². The molecule has 0 atom stereocenters. The predicted octanol–water partition coefficient (Wildman–Crippen LogP) is 5.83. The molecule has 2 saturated heterocycles. The summed E-state index contributed by atoms with van der Waals surface area (Å²) in [4.78, 5) is 17.0. The summed E-state index contributed by atoms with van der Waals surface area (Å²) in [5, 5.41) is 10.7. The summed E-state index contributed by atoms with van der Waals surface area (Å²) in [5.74, 6) is 1.04. The van der Waals surface area contributed by atoms with Gasteiger partial charge in [-0.05, 0) is 88.2 Å². The van der Waals surface area contributed by atoms with Gasteiger partial charge in [0, 0.05) is 24.7 Å². The molecule has 0 unspecified atom stereocenters. The molecule has 0 amide bonds. The van der Waals surface area contributed by atoms with Crippen molar-refractivity contribution in [1.82, 2.24) is 9.80 Å². The first-order valence-electron chi connectivity index (χ1n) is 12.1. The molecular weight excluding hydrogens is 483 g/mol. The standard InChI is InChI=1S/C25H37ClN2O3.2ClH/c1-19-17-21(26)5-6-23(19)31-22-9-13-27(14-10-22)18-20-7-15-28(16-8-20)25(24(29)30)11-3-2-4-12-25;;/h5-6,17,20,22H,2-4,7-16,18H2,1H3,(H,29,30);2*1H. The maximum Gasteiger partial charge on any atom is 0.324 e. The van der Waals surface area contributed by atoms with Crippen molar-refractivity contribution in [3.8, 4) is 5.75 Å². The molecule has 1 aliphatic carbocycles. The number of likely N-dealkylation sites (tertiary alicyclic amines) is 2. The van der Waals surface area contributed by atoms with Crippen LogP contribution in [0.5, 0.6) is 5.75 Å². The highest BCUT2D eigenvalue weighted by atomic mass is 35.5. The van der Waals surface area contributed by atoms with Gasteiger partial charge in [-0.15, -0.1) is 24.8 Å². The number of piperidine rings is 2. The van der Waals surface area contributed by atoms with E-state index in [9.17, 15) is 9.90 Å². The Morgan fingerprint density at radius 2 is 1.70 bits per heavy atom. The second-order valence-corrected chi connectivity index (χ2v) is 10.3. The van der Waals surface area contributed by atoms with Crippen molar-refractivity contribution in [3.63, 3.8) is 0 Å². The van der Waals surface area contributed by atoms with Crippen molar-refractivity contribution < 1.29 is 14.6 Å². The Bertz CT molecular complexity index is 757. The van der Waals surface area contributed by atoms with Gasteiger partial charge >= 0.3 is 5.97 Å². The minimum absolute atomic E-state index is 0. The number of halogens is 3. The number of benzene rings is 1. The Morgan fingerprint density at radius 1 is 1.06 bits per heavy atom. The first-order chi connectivity index (χ1) is 15.0. The second kappa shape index (κ2) is 12.8. The normalized spacial score (nSPS) is 22.7. The number of carboxylic acids is 1. The zero-order chi connectivity index (χ0) is 21.8. The number of carbonyl (C=O) groups is 1. The molecule has 3 aliphatic rings. The smallest absolute Gasteiger partial charge is 0.324 e. The van der Waals surface area contributed by atoms with Crippen molar-refractivity contribution in [3.05, 3.63) is 28.8 Å². The minimum Gasteiger partial charge on any atom is -0.490 e. The molecule has 0 radical (unpaired) electrons. The minimum atomic E-state index is -0.594. The Balaban J connectivity index is 0.00000193. The highest BCUT2D eigenvalue weighted by Crippen LogP contribution is 2.37. The lowest BCUT2D eigenvalue weighted by molar-refractivity contribution is -0.155. The van der Waals surface area contributed by atoms with Crippen LogP contribution in [0.1, 0.15) is 63.4 Å². The molecule has 33 heavy (non-hydrogen) atoms. The van der Waals surface area contributed by atoms with Crippen LogP contribution in [0, 0.1) is 12.8 Å². The molecule has 0 aromatic heterocycles. The maximum absolute atomic E-state index is 12.1. The van der Waals surface area contributed by atoms with Crippen molar-refractivity contribution in [2.75, 3.05) is 32.7 Å². The average molecular weight is 522 g/mol. The van der Waals surface area contributed by atoms with Crippen LogP contribution in [-0.4, -0.2) is 65.2 Å². The molecule has 188 valence electrons. The molecule has 2 aliphatic heterocycles. The number of hydrogen-bond acceptors (Lipinski definition) is 4. The van der Waals surface area contributed by atoms with Gasteiger partial charge < -0.3 is 14.7 Å². The molecule has 1 aromatic rings. The summed E-state index contributed by atoms with van der Waals surface area (Å²) in [6.07, 6.45) is 9.58. The lowest BCUT2D eigenvalue weighted by Crippen LogP contribution is -2.58. The maximum atomic E-state index is 12.1. The average Bonchev–Trinajstić information content (AvgIpc) is 2.78. The number of rotatable bonds is 6. The first kappa shape index (κ1) is 28.5. The van der Waals surface area contributed by atoms with E-state index in [1.807, 2.05) is 25.1 Å². The fraction of sp³-hybridized carbons (Fsp3) is 0.720.